The number of carbonyl (C=O) groups is 2. The number of thiocarbonyl (C=S) groups is 1. The molecule has 1 saturated heterocycles. The minimum atomic E-state index is -4.36. The zero-order valence-corrected chi connectivity index (χ0v) is 21.9. The average molecular weight is 570 g/mol. The van der Waals surface area contributed by atoms with Gasteiger partial charge >= 0.3 is 10.1 Å². The molecular formula is C25H19N3O9S2. The molecule has 0 atom stereocenters. The Morgan fingerprint density at radius 3 is 2.21 bits per heavy atom. The monoisotopic (exact) mass is 569 g/mol. The molecule has 1 heterocycles. The highest BCUT2D eigenvalue weighted by Gasteiger charge is 2.34. The molecule has 12 nitrogen and oxygen atoms in total. The number of anilines is 1. The minimum absolute atomic E-state index is 0.0129. The number of carbonyl (C=O) groups excluding carboxylic acids is 2. The molecule has 4 rings (SSSR count). The fraction of sp³-hybridized carbons (Fsp3) is 0.0800. The van der Waals surface area contributed by atoms with E-state index in [-0.39, 0.29) is 32.8 Å². The van der Waals surface area contributed by atoms with E-state index in [9.17, 15) is 28.1 Å². The van der Waals surface area contributed by atoms with Crippen LogP contribution in [0.15, 0.2) is 77.2 Å². The second kappa shape index (κ2) is 10.9. The van der Waals surface area contributed by atoms with Gasteiger partial charge in [-0.25, -0.2) is 0 Å². The first kappa shape index (κ1) is 27.2. The number of amides is 2. The number of benzene rings is 3. The fourth-order valence-corrected chi connectivity index (χ4v) is 4.75. The number of nitro groups is 1. The molecule has 1 fully saturated rings. The van der Waals surface area contributed by atoms with Crippen LogP contribution >= 0.6 is 12.2 Å². The van der Waals surface area contributed by atoms with Crippen molar-refractivity contribution in [2.24, 2.45) is 0 Å². The number of non-ortho nitro benzene ring substituents is 1. The van der Waals surface area contributed by atoms with Crippen molar-refractivity contribution in [3.05, 3.63) is 88.0 Å². The Hall–Kier alpha value is -4.82. The Kier molecular flexibility index (Phi) is 7.60. The average Bonchev–Trinajstić information content (AvgIpc) is 2.92. The summed E-state index contributed by atoms with van der Waals surface area (Å²) >= 11 is 5.20. The van der Waals surface area contributed by atoms with Crippen LogP contribution in [0.1, 0.15) is 5.56 Å². The summed E-state index contributed by atoms with van der Waals surface area (Å²) in [5, 5.41) is 13.2. The van der Waals surface area contributed by atoms with Gasteiger partial charge in [-0.2, -0.15) is 8.42 Å². The summed E-state index contributed by atoms with van der Waals surface area (Å²) in [6.45, 7) is 0. The normalized spacial score (nSPS) is 14.7. The predicted octanol–water partition coefficient (Wildman–Crippen LogP) is 3.21. The highest BCUT2D eigenvalue weighted by molar-refractivity contribution is 7.87. The zero-order chi connectivity index (χ0) is 28.3. The predicted molar refractivity (Wildman–Crippen MR) is 143 cm³/mol. The van der Waals surface area contributed by atoms with E-state index >= 15 is 0 Å². The fourth-order valence-electron chi connectivity index (χ4n) is 3.53. The van der Waals surface area contributed by atoms with Crippen LogP contribution in [-0.2, 0) is 19.7 Å². The van der Waals surface area contributed by atoms with E-state index in [0.29, 0.717) is 17.0 Å². The van der Waals surface area contributed by atoms with Crippen LogP contribution in [0.5, 0.6) is 17.2 Å². The topological polar surface area (TPSA) is 154 Å². The maximum Gasteiger partial charge on any atom is 0.339 e. The maximum absolute atomic E-state index is 13.2. The molecule has 1 N–H and O–H groups in total. The van der Waals surface area contributed by atoms with Crippen LogP contribution in [0.3, 0.4) is 0 Å². The summed E-state index contributed by atoms with van der Waals surface area (Å²) in [5.41, 5.74) is 0.229. The molecule has 14 heteroatoms. The summed E-state index contributed by atoms with van der Waals surface area (Å²) < 4.78 is 41.0. The Balaban J connectivity index is 1.62. The number of rotatable bonds is 8. The van der Waals surface area contributed by atoms with Gasteiger partial charge in [0, 0.05) is 12.1 Å². The lowest BCUT2D eigenvalue weighted by molar-refractivity contribution is -0.384. The summed E-state index contributed by atoms with van der Waals surface area (Å²) in [4.78, 5) is 36.9. The van der Waals surface area contributed by atoms with Gasteiger partial charge in [-0.3, -0.25) is 29.9 Å². The second-order valence-electron chi connectivity index (χ2n) is 7.85. The second-order valence-corrected chi connectivity index (χ2v) is 9.79. The third-order valence-corrected chi connectivity index (χ3v) is 7.00. The number of methoxy groups -OCH3 is 2. The van der Waals surface area contributed by atoms with Crippen LogP contribution < -0.4 is 23.9 Å². The van der Waals surface area contributed by atoms with Crippen molar-refractivity contribution in [1.82, 2.24) is 5.32 Å². The Morgan fingerprint density at radius 2 is 1.62 bits per heavy atom. The first-order valence-electron chi connectivity index (χ1n) is 11.0. The van der Waals surface area contributed by atoms with Gasteiger partial charge in [0.15, 0.2) is 16.6 Å². The van der Waals surface area contributed by atoms with E-state index in [0.717, 1.165) is 29.2 Å². The SMILES string of the molecule is COc1ccc(N2C(=O)/C(=C\c3ccc(OS(=O)(=O)c4ccc([N+](=O)[O-])cc4)c(OC)c3)C(=O)NC2=S)cc1. The lowest BCUT2D eigenvalue weighted by Gasteiger charge is -2.29. The van der Waals surface area contributed by atoms with E-state index in [2.05, 4.69) is 5.32 Å². The third-order valence-electron chi connectivity index (χ3n) is 5.47. The van der Waals surface area contributed by atoms with Gasteiger partial charge in [0.2, 0.25) is 0 Å². The Labute approximate surface area is 227 Å². The van der Waals surface area contributed by atoms with E-state index in [4.69, 9.17) is 25.9 Å². The molecule has 2 amide bonds. The molecule has 0 bridgehead atoms. The van der Waals surface area contributed by atoms with Crippen molar-refractivity contribution in [2.45, 2.75) is 4.90 Å². The highest BCUT2D eigenvalue weighted by Crippen LogP contribution is 2.32. The van der Waals surface area contributed by atoms with Gasteiger partial charge in [-0.1, -0.05) is 6.07 Å². The molecule has 3 aromatic rings. The number of hydrogen-bond acceptors (Lipinski definition) is 10. The summed E-state index contributed by atoms with van der Waals surface area (Å²) in [7, 11) is -1.58. The number of hydrogen-bond donors (Lipinski definition) is 1. The Bertz CT molecular complexity index is 1620. The standard InChI is InChI=1S/C25H19N3O9S2/c1-35-18-8-4-16(5-9-18)27-24(30)20(23(29)26-25(27)38)13-15-3-12-21(22(14-15)36-2)37-39(33,34)19-10-6-17(7-11-19)28(31)32/h3-14H,1-2H3,(H,26,29,38)/b20-13-. The zero-order valence-electron chi connectivity index (χ0n) is 20.3. The largest absolute Gasteiger partial charge is 0.497 e. The number of nitrogens with zero attached hydrogens (tertiary/aromatic N) is 2. The lowest BCUT2D eigenvalue weighted by atomic mass is 10.1. The molecular weight excluding hydrogens is 550 g/mol. The first-order valence-corrected chi connectivity index (χ1v) is 12.8. The molecule has 0 radical (unpaired) electrons. The summed E-state index contributed by atoms with van der Waals surface area (Å²) in [6.07, 6.45) is 1.30. The van der Waals surface area contributed by atoms with Gasteiger partial charge in [0.1, 0.15) is 16.2 Å². The van der Waals surface area contributed by atoms with Crippen LogP contribution in [0.4, 0.5) is 11.4 Å². The molecule has 1 aliphatic rings. The molecule has 39 heavy (non-hydrogen) atoms. The van der Waals surface area contributed by atoms with Crippen molar-refractivity contribution in [3.8, 4) is 17.2 Å². The molecule has 200 valence electrons. The summed E-state index contributed by atoms with van der Waals surface area (Å²) in [5.74, 6) is -1.01. The van der Waals surface area contributed by atoms with Gasteiger partial charge in [-0.05, 0) is 72.4 Å². The third kappa shape index (κ3) is 5.71. The van der Waals surface area contributed by atoms with Gasteiger partial charge in [0.05, 0.1) is 24.8 Å². The number of nitro benzene ring substituents is 1. The molecule has 0 unspecified atom stereocenters. The maximum atomic E-state index is 13.2. The van der Waals surface area contributed by atoms with Gasteiger partial charge in [-0.15, -0.1) is 0 Å². The van der Waals surface area contributed by atoms with Crippen molar-refractivity contribution in [3.63, 3.8) is 0 Å². The van der Waals surface area contributed by atoms with E-state index in [1.54, 1.807) is 24.3 Å². The smallest absolute Gasteiger partial charge is 0.339 e. The van der Waals surface area contributed by atoms with Gasteiger partial charge in [0.25, 0.3) is 17.5 Å². The van der Waals surface area contributed by atoms with E-state index < -0.39 is 26.9 Å². The van der Waals surface area contributed by atoms with Crippen LogP contribution in [0.25, 0.3) is 6.08 Å². The molecule has 0 aromatic heterocycles. The molecule has 0 aliphatic carbocycles. The molecule has 3 aromatic carbocycles. The van der Waals surface area contributed by atoms with E-state index in [1.165, 1.54) is 38.5 Å². The highest BCUT2D eigenvalue weighted by atomic mass is 32.2. The first-order chi connectivity index (χ1) is 18.5. The van der Waals surface area contributed by atoms with Gasteiger partial charge < -0.3 is 13.7 Å². The van der Waals surface area contributed by atoms with Crippen molar-refractivity contribution in [2.75, 3.05) is 19.1 Å². The van der Waals surface area contributed by atoms with E-state index in [1.807, 2.05) is 0 Å². The van der Waals surface area contributed by atoms with Crippen molar-refractivity contribution in [1.29, 1.82) is 0 Å². The Morgan fingerprint density at radius 1 is 0.949 bits per heavy atom. The minimum Gasteiger partial charge on any atom is -0.497 e. The van der Waals surface area contributed by atoms with Crippen molar-refractivity contribution < 1.29 is 36.6 Å². The van der Waals surface area contributed by atoms with Crippen molar-refractivity contribution >= 4 is 56.7 Å². The van der Waals surface area contributed by atoms with Crippen LogP contribution in [0.2, 0.25) is 0 Å². The molecule has 0 spiro atoms. The molecule has 1 aliphatic heterocycles. The molecule has 0 saturated carbocycles. The number of nitrogens with one attached hydrogen (secondary N) is 1. The summed E-state index contributed by atoms with van der Waals surface area (Å²) in [6, 6.07) is 14.7. The lowest BCUT2D eigenvalue weighted by Crippen LogP contribution is -2.54. The quantitative estimate of drug-likeness (QED) is 0.107. The van der Waals surface area contributed by atoms with Crippen LogP contribution in [-0.4, -0.2) is 44.5 Å². The number of ether oxygens (including phenoxy) is 2. The van der Waals surface area contributed by atoms with Crippen LogP contribution in [0, 0.1) is 10.1 Å².